The molecule has 0 saturated heterocycles. The third-order valence-electron chi connectivity index (χ3n) is 5.54. The highest BCUT2D eigenvalue weighted by atomic mass is 35.5. The SMILES string of the molecule is C=CCn1c(COc2ccc(Cl)c(C)c2)nnc1SCC(=O)Nc1scc(-c2ccccc2)c1C(=O)OCC. The van der Waals surface area contributed by atoms with Crippen molar-refractivity contribution >= 4 is 51.6 Å². The third kappa shape index (κ3) is 7.08. The fourth-order valence-corrected chi connectivity index (χ4v) is 5.54. The predicted octanol–water partition coefficient (Wildman–Crippen LogP) is 6.64. The summed E-state index contributed by atoms with van der Waals surface area (Å²) in [6.45, 7) is 8.34. The van der Waals surface area contributed by atoms with Gasteiger partial charge in [0.2, 0.25) is 5.91 Å². The number of hydrogen-bond acceptors (Lipinski definition) is 8. The van der Waals surface area contributed by atoms with Crippen LogP contribution in [0.4, 0.5) is 5.00 Å². The molecule has 8 nitrogen and oxygen atoms in total. The lowest BCUT2D eigenvalue weighted by Crippen LogP contribution is -2.17. The number of anilines is 1. The number of amides is 1. The van der Waals surface area contributed by atoms with Gasteiger partial charge in [-0.15, -0.1) is 28.1 Å². The van der Waals surface area contributed by atoms with Crippen LogP contribution in [0.5, 0.6) is 5.75 Å². The second-order valence-electron chi connectivity index (χ2n) is 8.27. The van der Waals surface area contributed by atoms with E-state index in [4.69, 9.17) is 21.1 Å². The van der Waals surface area contributed by atoms with Gasteiger partial charge in [-0.3, -0.25) is 9.36 Å². The molecule has 4 aromatic rings. The Kier molecular flexibility index (Phi) is 9.80. The first-order valence-electron chi connectivity index (χ1n) is 12.1. The van der Waals surface area contributed by atoms with Gasteiger partial charge in [-0.1, -0.05) is 59.8 Å². The van der Waals surface area contributed by atoms with Crippen LogP contribution in [-0.2, 0) is 22.7 Å². The number of benzene rings is 2. The highest BCUT2D eigenvalue weighted by molar-refractivity contribution is 7.99. The number of allylic oxidation sites excluding steroid dienone is 1. The first-order valence-corrected chi connectivity index (χ1v) is 14.3. The van der Waals surface area contributed by atoms with Crippen molar-refractivity contribution in [3.05, 3.63) is 88.5 Å². The van der Waals surface area contributed by atoms with Gasteiger partial charge in [0, 0.05) is 22.5 Å². The van der Waals surface area contributed by atoms with Crippen LogP contribution >= 0.6 is 34.7 Å². The first kappa shape index (κ1) is 28.4. The lowest BCUT2D eigenvalue weighted by atomic mass is 10.0. The maximum atomic E-state index is 12.9. The lowest BCUT2D eigenvalue weighted by molar-refractivity contribution is -0.113. The maximum absolute atomic E-state index is 12.9. The zero-order chi connectivity index (χ0) is 27.8. The van der Waals surface area contributed by atoms with E-state index in [2.05, 4.69) is 22.1 Å². The van der Waals surface area contributed by atoms with Crippen LogP contribution in [0.1, 0.15) is 28.7 Å². The normalized spacial score (nSPS) is 10.7. The molecule has 0 radical (unpaired) electrons. The minimum atomic E-state index is -0.480. The van der Waals surface area contributed by atoms with Gasteiger partial charge in [-0.05, 0) is 43.2 Å². The summed E-state index contributed by atoms with van der Waals surface area (Å²) in [5, 5.41) is 14.9. The Morgan fingerprint density at radius 2 is 2.00 bits per heavy atom. The van der Waals surface area contributed by atoms with Gasteiger partial charge in [0.15, 0.2) is 11.0 Å². The molecule has 2 aromatic carbocycles. The van der Waals surface area contributed by atoms with Crippen LogP contribution in [0.15, 0.2) is 71.7 Å². The van der Waals surface area contributed by atoms with Crippen LogP contribution in [0.3, 0.4) is 0 Å². The number of carbonyl (C=O) groups excluding carboxylic acids is 2. The molecule has 0 aliphatic rings. The summed E-state index contributed by atoms with van der Waals surface area (Å²) >= 11 is 8.61. The Hall–Kier alpha value is -3.60. The van der Waals surface area contributed by atoms with Crippen molar-refractivity contribution in [2.24, 2.45) is 0 Å². The number of thioether (sulfide) groups is 1. The Morgan fingerprint density at radius 1 is 1.21 bits per heavy atom. The number of rotatable bonds is 12. The molecule has 11 heteroatoms. The van der Waals surface area contributed by atoms with E-state index in [9.17, 15) is 9.59 Å². The zero-order valence-corrected chi connectivity index (χ0v) is 23.9. The molecule has 4 rings (SSSR count). The molecule has 202 valence electrons. The number of nitrogens with zero attached hydrogens (tertiary/aromatic N) is 3. The van der Waals surface area contributed by atoms with E-state index >= 15 is 0 Å². The molecule has 0 fully saturated rings. The molecule has 0 saturated carbocycles. The monoisotopic (exact) mass is 582 g/mol. The average molecular weight is 583 g/mol. The van der Waals surface area contributed by atoms with Crippen molar-refractivity contribution in [3.63, 3.8) is 0 Å². The number of hydrogen-bond donors (Lipinski definition) is 1. The highest BCUT2D eigenvalue weighted by Crippen LogP contribution is 2.36. The van der Waals surface area contributed by atoms with Crippen molar-refractivity contribution in [2.75, 3.05) is 17.7 Å². The summed E-state index contributed by atoms with van der Waals surface area (Å²) in [6.07, 6.45) is 1.73. The topological polar surface area (TPSA) is 95.3 Å². The van der Waals surface area contributed by atoms with Gasteiger partial charge in [-0.2, -0.15) is 0 Å². The van der Waals surface area contributed by atoms with Crippen LogP contribution in [0, 0.1) is 6.92 Å². The number of thiophene rings is 1. The number of ether oxygens (including phenoxy) is 2. The van der Waals surface area contributed by atoms with Crippen molar-refractivity contribution in [2.45, 2.75) is 32.2 Å². The second kappa shape index (κ2) is 13.5. The fraction of sp³-hybridized carbons (Fsp3) is 0.214. The summed E-state index contributed by atoms with van der Waals surface area (Å²) < 4.78 is 13.0. The first-order chi connectivity index (χ1) is 18.9. The summed E-state index contributed by atoms with van der Waals surface area (Å²) in [6, 6.07) is 14.9. The Balaban J connectivity index is 1.44. The molecule has 0 atom stereocenters. The van der Waals surface area contributed by atoms with E-state index < -0.39 is 5.97 Å². The van der Waals surface area contributed by atoms with Gasteiger partial charge >= 0.3 is 5.97 Å². The van der Waals surface area contributed by atoms with Gasteiger partial charge < -0.3 is 14.8 Å². The Labute approximate surface area is 240 Å². The van der Waals surface area contributed by atoms with Gasteiger partial charge in [-0.25, -0.2) is 4.79 Å². The molecule has 39 heavy (non-hydrogen) atoms. The van der Waals surface area contributed by atoms with Gasteiger partial charge in [0.1, 0.15) is 22.9 Å². The molecule has 2 heterocycles. The Morgan fingerprint density at radius 3 is 2.72 bits per heavy atom. The van der Waals surface area contributed by atoms with Crippen molar-refractivity contribution in [1.82, 2.24) is 14.8 Å². The maximum Gasteiger partial charge on any atom is 0.341 e. The number of halogens is 1. The molecular weight excluding hydrogens is 556 g/mol. The largest absolute Gasteiger partial charge is 0.486 e. The number of aromatic nitrogens is 3. The van der Waals surface area contributed by atoms with Crippen LogP contribution < -0.4 is 10.1 Å². The van der Waals surface area contributed by atoms with Crippen LogP contribution in [0.25, 0.3) is 11.1 Å². The fourth-order valence-electron chi connectivity index (χ4n) is 3.68. The smallest absolute Gasteiger partial charge is 0.341 e. The number of carbonyl (C=O) groups is 2. The second-order valence-corrected chi connectivity index (χ2v) is 10.5. The number of aryl methyl sites for hydroxylation is 1. The number of nitrogens with one attached hydrogen (secondary N) is 1. The third-order valence-corrected chi connectivity index (χ3v) is 7.83. The summed E-state index contributed by atoms with van der Waals surface area (Å²) in [5.74, 6) is 0.567. The summed E-state index contributed by atoms with van der Waals surface area (Å²) in [4.78, 5) is 25.7. The highest BCUT2D eigenvalue weighted by Gasteiger charge is 2.23. The Bertz CT molecular complexity index is 1470. The van der Waals surface area contributed by atoms with E-state index in [1.807, 2.05) is 53.3 Å². The van der Waals surface area contributed by atoms with E-state index in [1.165, 1.54) is 23.1 Å². The minimum absolute atomic E-state index is 0.0628. The van der Waals surface area contributed by atoms with E-state index in [0.29, 0.717) is 44.4 Å². The molecule has 0 unspecified atom stereocenters. The average Bonchev–Trinajstić information content (AvgIpc) is 3.53. The van der Waals surface area contributed by atoms with Crippen LogP contribution in [-0.4, -0.2) is 39.0 Å². The molecule has 1 amide bonds. The minimum Gasteiger partial charge on any atom is -0.486 e. The standard InChI is InChI=1S/C28H27ClN4O4S2/c1-4-13-33-23(15-37-20-11-12-22(29)18(3)14-20)31-32-28(33)39-17-24(34)30-26-25(27(35)36-5-2)21(16-38-26)19-9-7-6-8-10-19/h4,6-12,14,16H,1,5,13,15,17H2,2-3H3,(H,30,34). The molecule has 0 spiro atoms. The van der Waals surface area contributed by atoms with Crippen LogP contribution in [0.2, 0.25) is 5.02 Å². The summed E-state index contributed by atoms with van der Waals surface area (Å²) in [7, 11) is 0. The molecular formula is C28H27ClN4O4S2. The number of esters is 1. The van der Waals surface area contributed by atoms with Crippen molar-refractivity contribution < 1.29 is 19.1 Å². The van der Waals surface area contributed by atoms with Gasteiger partial charge in [0.05, 0.1) is 12.4 Å². The van der Waals surface area contributed by atoms with E-state index in [1.54, 1.807) is 25.1 Å². The molecule has 2 aromatic heterocycles. The quantitative estimate of drug-likeness (QED) is 0.114. The zero-order valence-electron chi connectivity index (χ0n) is 21.5. The summed E-state index contributed by atoms with van der Waals surface area (Å²) in [5.41, 5.74) is 2.84. The van der Waals surface area contributed by atoms with E-state index in [-0.39, 0.29) is 24.9 Å². The van der Waals surface area contributed by atoms with E-state index in [0.717, 1.165) is 11.1 Å². The van der Waals surface area contributed by atoms with Gasteiger partial charge in [0.25, 0.3) is 0 Å². The van der Waals surface area contributed by atoms with Crippen molar-refractivity contribution in [3.8, 4) is 16.9 Å². The molecule has 0 aliphatic carbocycles. The molecule has 1 N–H and O–H groups in total. The lowest BCUT2D eigenvalue weighted by Gasteiger charge is -2.10. The predicted molar refractivity (Wildman–Crippen MR) is 156 cm³/mol. The molecule has 0 aliphatic heterocycles. The van der Waals surface area contributed by atoms with Crippen molar-refractivity contribution in [1.29, 1.82) is 0 Å². The molecule has 0 bridgehead atoms.